The monoisotopic (exact) mass is 357 g/mol. The first-order valence-corrected chi connectivity index (χ1v) is 8.66. The molecule has 0 radical (unpaired) electrons. The number of rotatable bonds is 8. The maximum absolute atomic E-state index is 11.9. The Kier molecular flexibility index (Phi) is 6.19. The molecule has 2 aromatic rings. The van der Waals surface area contributed by atoms with E-state index in [1.807, 2.05) is 42.5 Å². The molecule has 1 aliphatic rings. The molecule has 0 bridgehead atoms. The topological polar surface area (TPSA) is 66.0 Å². The second kappa shape index (κ2) is 8.99. The van der Waals surface area contributed by atoms with Gasteiger partial charge in [0.05, 0.1) is 20.1 Å². The number of carbonyl (C=O) groups excluding carboxylic acids is 1. The molecule has 6 heteroatoms. The predicted molar refractivity (Wildman–Crippen MR) is 97.3 cm³/mol. The van der Waals surface area contributed by atoms with Gasteiger partial charge in [-0.3, -0.25) is 4.79 Å². The van der Waals surface area contributed by atoms with E-state index < -0.39 is 0 Å². The van der Waals surface area contributed by atoms with E-state index in [2.05, 4.69) is 5.32 Å². The third kappa shape index (κ3) is 5.05. The summed E-state index contributed by atoms with van der Waals surface area (Å²) in [5.41, 5.74) is 1.10. The molecule has 6 nitrogen and oxygen atoms in total. The third-order valence-corrected chi connectivity index (χ3v) is 4.00. The fourth-order valence-corrected chi connectivity index (χ4v) is 2.61. The average molecular weight is 357 g/mol. The fourth-order valence-electron chi connectivity index (χ4n) is 2.61. The van der Waals surface area contributed by atoms with Crippen LogP contribution in [-0.4, -0.2) is 39.4 Å². The third-order valence-electron chi connectivity index (χ3n) is 4.00. The summed E-state index contributed by atoms with van der Waals surface area (Å²) in [6, 6.07) is 13.1. The summed E-state index contributed by atoms with van der Waals surface area (Å²) in [5.74, 6) is 3.01. The van der Waals surface area contributed by atoms with Gasteiger partial charge in [0.25, 0.3) is 0 Å². The molecule has 0 fully saturated rings. The smallest absolute Gasteiger partial charge is 0.223 e. The zero-order chi connectivity index (χ0) is 18.2. The van der Waals surface area contributed by atoms with Crippen molar-refractivity contribution in [3.63, 3.8) is 0 Å². The van der Waals surface area contributed by atoms with Crippen LogP contribution in [0.2, 0.25) is 0 Å². The summed E-state index contributed by atoms with van der Waals surface area (Å²) in [7, 11) is 1.62. The van der Waals surface area contributed by atoms with Crippen LogP contribution in [-0.2, 0) is 11.2 Å². The molecule has 0 aromatic heterocycles. The molecule has 1 amide bonds. The lowest BCUT2D eigenvalue weighted by Gasteiger charge is -2.18. The van der Waals surface area contributed by atoms with Gasteiger partial charge in [0, 0.05) is 6.54 Å². The molecule has 0 saturated carbocycles. The van der Waals surface area contributed by atoms with Crippen molar-refractivity contribution in [1.29, 1.82) is 0 Å². The van der Waals surface area contributed by atoms with Gasteiger partial charge in [0.15, 0.2) is 11.5 Å². The van der Waals surface area contributed by atoms with E-state index in [0.29, 0.717) is 32.8 Å². The second-order valence-electron chi connectivity index (χ2n) is 5.85. The lowest BCUT2D eigenvalue weighted by atomic mass is 10.1. The van der Waals surface area contributed by atoms with Crippen LogP contribution in [0.3, 0.4) is 0 Å². The number of benzene rings is 2. The highest BCUT2D eigenvalue weighted by Crippen LogP contribution is 2.30. The molecule has 1 aliphatic heterocycles. The maximum Gasteiger partial charge on any atom is 0.223 e. The second-order valence-corrected chi connectivity index (χ2v) is 5.85. The highest BCUT2D eigenvalue weighted by atomic mass is 16.6. The lowest BCUT2D eigenvalue weighted by Crippen LogP contribution is -2.27. The number of hydrogen-bond donors (Lipinski definition) is 1. The normalized spacial score (nSPS) is 12.3. The standard InChI is InChI=1S/C20H23NO5/c1-23-16-3-5-17(6-4-16)24-11-9-20(22)21-10-8-15-2-7-18-19(14-15)26-13-12-25-18/h2-7,14H,8-13H2,1H3,(H,21,22). The van der Waals surface area contributed by atoms with Gasteiger partial charge in [-0.05, 0) is 48.4 Å². The van der Waals surface area contributed by atoms with Crippen LogP contribution < -0.4 is 24.3 Å². The molecule has 0 atom stereocenters. The molecule has 26 heavy (non-hydrogen) atoms. The number of hydrogen-bond acceptors (Lipinski definition) is 5. The molecular formula is C20H23NO5. The minimum Gasteiger partial charge on any atom is -0.497 e. The van der Waals surface area contributed by atoms with E-state index in [1.165, 1.54) is 0 Å². The number of amides is 1. The molecule has 1 N–H and O–H groups in total. The number of methoxy groups -OCH3 is 1. The molecule has 0 unspecified atom stereocenters. The Balaban J connectivity index is 1.35. The summed E-state index contributed by atoms with van der Waals surface area (Å²) >= 11 is 0. The first kappa shape index (κ1) is 17.9. The quantitative estimate of drug-likeness (QED) is 0.787. The summed E-state index contributed by atoms with van der Waals surface area (Å²) in [5, 5.41) is 2.90. The van der Waals surface area contributed by atoms with Crippen molar-refractivity contribution < 1.29 is 23.7 Å². The predicted octanol–water partition coefficient (Wildman–Crippen LogP) is 2.59. The van der Waals surface area contributed by atoms with E-state index in [1.54, 1.807) is 7.11 Å². The van der Waals surface area contributed by atoms with Crippen LogP contribution in [0.5, 0.6) is 23.0 Å². The van der Waals surface area contributed by atoms with Crippen molar-refractivity contribution in [3.8, 4) is 23.0 Å². The van der Waals surface area contributed by atoms with E-state index in [9.17, 15) is 4.79 Å². The van der Waals surface area contributed by atoms with E-state index in [0.717, 1.165) is 35.0 Å². The van der Waals surface area contributed by atoms with E-state index >= 15 is 0 Å². The van der Waals surface area contributed by atoms with Gasteiger partial charge in [0.2, 0.25) is 5.91 Å². The molecule has 138 valence electrons. The van der Waals surface area contributed by atoms with Crippen molar-refractivity contribution in [2.24, 2.45) is 0 Å². The SMILES string of the molecule is COc1ccc(OCCC(=O)NCCc2ccc3c(c2)OCCO3)cc1. The van der Waals surface area contributed by atoms with Crippen molar-refractivity contribution >= 4 is 5.91 Å². The Labute approximate surface area is 153 Å². The minimum absolute atomic E-state index is 0.0314. The van der Waals surface area contributed by atoms with E-state index in [-0.39, 0.29) is 5.91 Å². The van der Waals surface area contributed by atoms with Crippen LogP contribution in [0.15, 0.2) is 42.5 Å². The van der Waals surface area contributed by atoms with Gasteiger partial charge >= 0.3 is 0 Å². The Morgan fingerprint density at radius 3 is 2.54 bits per heavy atom. The summed E-state index contributed by atoms with van der Waals surface area (Å²) in [4.78, 5) is 11.9. The number of carbonyl (C=O) groups is 1. The first-order chi connectivity index (χ1) is 12.7. The summed E-state index contributed by atoms with van der Waals surface area (Å²) in [6.45, 7) is 2.06. The zero-order valence-corrected chi connectivity index (χ0v) is 14.8. The Morgan fingerprint density at radius 2 is 1.77 bits per heavy atom. The highest BCUT2D eigenvalue weighted by Gasteiger charge is 2.11. The largest absolute Gasteiger partial charge is 0.497 e. The van der Waals surface area contributed by atoms with E-state index in [4.69, 9.17) is 18.9 Å². The number of fused-ring (bicyclic) bond motifs is 1. The van der Waals surface area contributed by atoms with Crippen LogP contribution in [0.4, 0.5) is 0 Å². The van der Waals surface area contributed by atoms with Gasteiger partial charge in [-0.15, -0.1) is 0 Å². The van der Waals surface area contributed by atoms with Crippen molar-refractivity contribution in [3.05, 3.63) is 48.0 Å². The number of nitrogens with one attached hydrogen (secondary N) is 1. The highest BCUT2D eigenvalue weighted by molar-refractivity contribution is 5.76. The Hall–Kier alpha value is -2.89. The summed E-state index contributed by atoms with van der Waals surface area (Å²) in [6.07, 6.45) is 1.05. The zero-order valence-electron chi connectivity index (χ0n) is 14.8. The molecular weight excluding hydrogens is 334 g/mol. The molecule has 0 spiro atoms. The van der Waals surface area contributed by atoms with Crippen LogP contribution >= 0.6 is 0 Å². The lowest BCUT2D eigenvalue weighted by molar-refractivity contribution is -0.121. The Bertz CT molecular complexity index is 729. The van der Waals surface area contributed by atoms with Gasteiger partial charge in [-0.1, -0.05) is 6.07 Å². The van der Waals surface area contributed by atoms with Gasteiger partial charge in [0.1, 0.15) is 24.7 Å². The Morgan fingerprint density at radius 1 is 1.04 bits per heavy atom. The first-order valence-electron chi connectivity index (χ1n) is 8.66. The molecule has 3 rings (SSSR count). The number of ether oxygens (including phenoxy) is 4. The fraction of sp³-hybridized carbons (Fsp3) is 0.350. The van der Waals surface area contributed by atoms with Crippen LogP contribution in [0, 0.1) is 0 Å². The molecule has 0 saturated heterocycles. The van der Waals surface area contributed by atoms with Gasteiger partial charge in [-0.25, -0.2) is 0 Å². The average Bonchev–Trinajstić information content (AvgIpc) is 2.68. The van der Waals surface area contributed by atoms with Crippen molar-refractivity contribution in [2.45, 2.75) is 12.8 Å². The van der Waals surface area contributed by atoms with Crippen molar-refractivity contribution in [1.82, 2.24) is 5.32 Å². The van der Waals surface area contributed by atoms with Crippen LogP contribution in [0.1, 0.15) is 12.0 Å². The molecule has 0 aliphatic carbocycles. The van der Waals surface area contributed by atoms with Gasteiger partial charge in [-0.2, -0.15) is 0 Å². The maximum atomic E-state index is 11.9. The molecule has 1 heterocycles. The van der Waals surface area contributed by atoms with Crippen molar-refractivity contribution in [2.75, 3.05) is 33.5 Å². The van der Waals surface area contributed by atoms with Crippen LogP contribution in [0.25, 0.3) is 0 Å². The minimum atomic E-state index is -0.0314. The summed E-state index contributed by atoms with van der Waals surface area (Å²) < 4.78 is 21.7. The molecule has 2 aromatic carbocycles. The van der Waals surface area contributed by atoms with Gasteiger partial charge < -0.3 is 24.3 Å².